The zero-order valence-electron chi connectivity index (χ0n) is 11.5. The lowest BCUT2D eigenvalue weighted by atomic mass is 10.2. The van der Waals surface area contributed by atoms with Gasteiger partial charge in [0.25, 0.3) is 0 Å². The third-order valence-electron chi connectivity index (χ3n) is 3.04. The first-order valence-corrected chi connectivity index (χ1v) is 6.35. The molecule has 19 heavy (non-hydrogen) atoms. The van der Waals surface area contributed by atoms with Crippen LogP contribution in [-0.4, -0.2) is 30.4 Å². The lowest BCUT2D eigenvalue weighted by Crippen LogP contribution is -2.38. The number of hydrogen-bond donors (Lipinski definition) is 1. The molecule has 1 amide bonds. The van der Waals surface area contributed by atoms with Crippen molar-refractivity contribution >= 4 is 5.91 Å². The van der Waals surface area contributed by atoms with Crippen LogP contribution in [0.15, 0.2) is 18.2 Å². The van der Waals surface area contributed by atoms with E-state index in [4.69, 9.17) is 0 Å². The van der Waals surface area contributed by atoms with Crippen LogP contribution in [0.2, 0.25) is 0 Å². The Morgan fingerprint density at radius 1 is 1.37 bits per heavy atom. The van der Waals surface area contributed by atoms with Crippen LogP contribution in [0.3, 0.4) is 0 Å². The highest BCUT2D eigenvalue weighted by Crippen LogP contribution is 2.10. The van der Waals surface area contributed by atoms with Crippen LogP contribution in [-0.2, 0) is 11.3 Å². The molecule has 0 aromatic heterocycles. The van der Waals surface area contributed by atoms with E-state index in [1.165, 1.54) is 11.0 Å². The molecule has 0 heterocycles. The first kappa shape index (κ1) is 15.6. The number of hydrogen-bond acceptors (Lipinski definition) is 2. The van der Waals surface area contributed by atoms with E-state index in [9.17, 15) is 13.6 Å². The molecule has 1 N–H and O–H groups in total. The van der Waals surface area contributed by atoms with E-state index in [1.807, 2.05) is 13.8 Å². The molecule has 1 unspecified atom stereocenters. The Kier molecular flexibility index (Phi) is 5.89. The molecule has 1 aromatic carbocycles. The average Bonchev–Trinajstić information content (AvgIpc) is 2.39. The van der Waals surface area contributed by atoms with E-state index in [2.05, 4.69) is 5.32 Å². The van der Waals surface area contributed by atoms with Crippen molar-refractivity contribution in [3.8, 4) is 0 Å². The zero-order valence-corrected chi connectivity index (χ0v) is 11.5. The van der Waals surface area contributed by atoms with E-state index in [0.29, 0.717) is 5.56 Å². The summed E-state index contributed by atoms with van der Waals surface area (Å²) < 4.78 is 25.8. The van der Waals surface area contributed by atoms with Gasteiger partial charge < -0.3 is 10.2 Å². The predicted molar refractivity (Wildman–Crippen MR) is 70.6 cm³/mol. The smallest absolute Gasteiger partial charge is 0.236 e. The zero-order chi connectivity index (χ0) is 14.4. The number of carbonyl (C=O) groups excluding carboxylic acids is 1. The summed E-state index contributed by atoms with van der Waals surface area (Å²) in [5, 5.41) is 3.09. The van der Waals surface area contributed by atoms with Crippen molar-refractivity contribution in [2.45, 2.75) is 32.9 Å². The third-order valence-corrected chi connectivity index (χ3v) is 3.04. The van der Waals surface area contributed by atoms with Crippen LogP contribution in [0.25, 0.3) is 0 Å². The van der Waals surface area contributed by atoms with E-state index < -0.39 is 11.6 Å². The molecule has 3 nitrogen and oxygen atoms in total. The Balaban J connectivity index is 2.51. The Bertz CT molecular complexity index is 437. The van der Waals surface area contributed by atoms with E-state index in [1.54, 1.807) is 7.05 Å². The molecule has 0 saturated heterocycles. The highest BCUT2D eigenvalue weighted by molar-refractivity contribution is 5.78. The second-order valence-corrected chi connectivity index (χ2v) is 4.69. The van der Waals surface area contributed by atoms with Gasteiger partial charge in [-0.2, -0.15) is 0 Å². The molecule has 0 saturated carbocycles. The Labute approximate surface area is 112 Å². The maximum Gasteiger partial charge on any atom is 0.236 e. The minimum absolute atomic E-state index is 0.0787. The van der Waals surface area contributed by atoms with Crippen LogP contribution in [0.5, 0.6) is 0 Å². The van der Waals surface area contributed by atoms with Crippen LogP contribution in [0, 0.1) is 11.6 Å². The lowest BCUT2D eigenvalue weighted by molar-refractivity contribution is -0.129. The fourth-order valence-corrected chi connectivity index (χ4v) is 1.54. The molecular formula is C14H20F2N2O. The fraction of sp³-hybridized carbons (Fsp3) is 0.500. The molecular weight excluding hydrogens is 250 g/mol. The van der Waals surface area contributed by atoms with Crippen LogP contribution >= 0.6 is 0 Å². The molecule has 0 aliphatic rings. The van der Waals surface area contributed by atoms with Crippen LogP contribution in [0.4, 0.5) is 8.78 Å². The Hall–Kier alpha value is -1.49. The number of nitrogens with one attached hydrogen (secondary N) is 1. The molecule has 0 aliphatic carbocycles. The number of nitrogens with zero attached hydrogens (tertiary/aromatic N) is 1. The van der Waals surface area contributed by atoms with Gasteiger partial charge >= 0.3 is 0 Å². The maximum atomic E-state index is 13.0. The van der Waals surface area contributed by atoms with Crippen LogP contribution < -0.4 is 5.32 Å². The molecule has 1 aromatic rings. The first-order chi connectivity index (χ1) is 8.93. The highest BCUT2D eigenvalue weighted by Gasteiger charge is 2.11. The number of halogens is 2. The van der Waals surface area contributed by atoms with Crippen molar-refractivity contribution in [1.29, 1.82) is 0 Å². The summed E-state index contributed by atoms with van der Waals surface area (Å²) in [7, 11) is 1.64. The van der Waals surface area contributed by atoms with E-state index >= 15 is 0 Å². The maximum absolute atomic E-state index is 13.0. The van der Waals surface area contributed by atoms with Crippen molar-refractivity contribution in [2.24, 2.45) is 0 Å². The van der Waals surface area contributed by atoms with Crippen molar-refractivity contribution in [2.75, 3.05) is 13.6 Å². The normalized spacial score (nSPS) is 12.3. The number of rotatable bonds is 6. The quantitative estimate of drug-likeness (QED) is 0.860. The van der Waals surface area contributed by atoms with E-state index in [0.717, 1.165) is 18.6 Å². The standard InChI is InChI=1S/C14H20F2N2O/c1-4-10(2)17-8-14(19)18(3)9-11-5-6-12(15)13(16)7-11/h5-7,10,17H,4,8-9H2,1-3H3. The summed E-state index contributed by atoms with van der Waals surface area (Å²) in [6, 6.07) is 3.94. The highest BCUT2D eigenvalue weighted by atomic mass is 19.2. The van der Waals surface area contributed by atoms with Gasteiger partial charge in [-0.15, -0.1) is 0 Å². The molecule has 0 fully saturated rings. The summed E-state index contributed by atoms with van der Waals surface area (Å²) in [6.45, 7) is 4.54. The number of carbonyl (C=O) groups is 1. The second-order valence-electron chi connectivity index (χ2n) is 4.69. The summed E-state index contributed by atoms with van der Waals surface area (Å²) in [4.78, 5) is 13.3. The van der Waals surface area contributed by atoms with Gasteiger partial charge in [0.2, 0.25) is 5.91 Å². The summed E-state index contributed by atoms with van der Waals surface area (Å²) >= 11 is 0. The fourth-order valence-electron chi connectivity index (χ4n) is 1.54. The van der Waals surface area contributed by atoms with Gasteiger partial charge in [0.1, 0.15) is 0 Å². The monoisotopic (exact) mass is 270 g/mol. The van der Waals surface area contributed by atoms with Gasteiger partial charge in [-0.25, -0.2) is 8.78 Å². The van der Waals surface area contributed by atoms with Gasteiger partial charge in [-0.3, -0.25) is 4.79 Å². The van der Waals surface area contributed by atoms with Crippen molar-refractivity contribution in [3.05, 3.63) is 35.4 Å². The third kappa shape index (κ3) is 4.95. The van der Waals surface area contributed by atoms with Gasteiger partial charge in [0, 0.05) is 19.6 Å². The predicted octanol–water partition coefficient (Wildman–Crippen LogP) is 2.31. The molecule has 0 aliphatic heterocycles. The molecule has 0 bridgehead atoms. The summed E-state index contributed by atoms with van der Waals surface area (Å²) in [5.74, 6) is -1.85. The second kappa shape index (κ2) is 7.19. The lowest BCUT2D eigenvalue weighted by Gasteiger charge is -2.19. The van der Waals surface area contributed by atoms with E-state index in [-0.39, 0.29) is 25.0 Å². The molecule has 1 atom stereocenters. The number of benzene rings is 1. The largest absolute Gasteiger partial charge is 0.340 e. The minimum atomic E-state index is -0.893. The Morgan fingerprint density at radius 3 is 2.63 bits per heavy atom. The number of amides is 1. The SMILES string of the molecule is CCC(C)NCC(=O)N(C)Cc1ccc(F)c(F)c1. The Morgan fingerprint density at radius 2 is 2.05 bits per heavy atom. The van der Waals surface area contributed by atoms with Crippen molar-refractivity contribution in [3.63, 3.8) is 0 Å². The summed E-state index contributed by atoms with van der Waals surface area (Å²) in [5.41, 5.74) is 0.568. The topological polar surface area (TPSA) is 32.3 Å². The van der Waals surface area contributed by atoms with Gasteiger partial charge in [-0.1, -0.05) is 13.0 Å². The van der Waals surface area contributed by atoms with Crippen molar-refractivity contribution < 1.29 is 13.6 Å². The summed E-state index contributed by atoms with van der Waals surface area (Å²) in [6.07, 6.45) is 0.945. The molecule has 0 spiro atoms. The first-order valence-electron chi connectivity index (χ1n) is 6.35. The van der Waals surface area contributed by atoms with Gasteiger partial charge in [-0.05, 0) is 31.0 Å². The molecule has 1 rings (SSSR count). The van der Waals surface area contributed by atoms with Gasteiger partial charge in [0.15, 0.2) is 11.6 Å². The average molecular weight is 270 g/mol. The number of likely N-dealkylation sites (N-methyl/N-ethyl adjacent to an activating group) is 1. The molecule has 106 valence electrons. The van der Waals surface area contributed by atoms with Crippen LogP contribution in [0.1, 0.15) is 25.8 Å². The molecule has 5 heteroatoms. The van der Waals surface area contributed by atoms with Gasteiger partial charge in [0.05, 0.1) is 6.54 Å². The van der Waals surface area contributed by atoms with Crippen molar-refractivity contribution in [1.82, 2.24) is 10.2 Å². The minimum Gasteiger partial charge on any atom is -0.340 e. The molecule has 0 radical (unpaired) electrons.